The van der Waals surface area contributed by atoms with Crippen molar-refractivity contribution in [1.29, 1.82) is 0 Å². The molecule has 2 nitrogen and oxygen atoms in total. The van der Waals surface area contributed by atoms with E-state index in [1.807, 2.05) is 0 Å². The van der Waals surface area contributed by atoms with Crippen LogP contribution in [0.25, 0.3) is 0 Å². The van der Waals surface area contributed by atoms with Gasteiger partial charge in [0, 0.05) is 18.6 Å². The summed E-state index contributed by atoms with van der Waals surface area (Å²) in [6, 6.07) is 1.54. The predicted molar refractivity (Wildman–Crippen MR) is 60.5 cm³/mol. The molecule has 2 rings (SSSR count). The van der Waals surface area contributed by atoms with Crippen molar-refractivity contribution in [2.45, 2.75) is 52.1 Å². The van der Waals surface area contributed by atoms with Crippen LogP contribution in [0.2, 0.25) is 0 Å². The van der Waals surface area contributed by atoms with Gasteiger partial charge in [-0.25, -0.2) is 0 Å². The summed E-state index contributed by atoms with van der Waals surface area (Å²) < 4.78 is 0. The van der Waals surface area contributed by atoms with Crippen molar-refractivity contribution in [2.75, 3.05) is 19.6 Å². The van der Waals surface area contributed by atoms with Gasteiger partial charge < -0.3 is 5.32 Å². The lowest BCUT2D eigenvalue weighted by Crippen LogP contribution is -2.57. The quantitative estimate of drug-likeness (QED) is 0.725. The second kappa shape index (κ2) is 3.82. The minimum Gasteiger partial charge on any atom is -0.312 e. The second-order valence-electron chi connectivity index (χ2n) is 5.73. The fraction of sp³-hybridized carbons (Fsp3) is 1.00. The lowest BCUT2D eigenvalue weighted by atomic mass is 9.77. The van der Waals surface area contributed by atoms with Crippen molar-refractivity contribution >= 4 is 0 Å². The highest BCUT2D eigenvalue weighted by Crippen LogP contribution is 2.31. The minimum atomic E-state index is 0.494. The van der Waals surface area contributed by atoms with Crippen LogP contribution in [-0.4, -0.2) is 36.6 Å². The first-order valence-corrected chi connectivity index (χ1v) is 6.07. The Bertz CT molecular complexity index is 200. The van der Waals surface area contributed by atoms with E-state index < -0.39 is 0 Å². The van der Waals surface area contributed by atoms with Crippen molar-refractivity contribution in [3.8, 4) is 0 Å². The van der Waals surface area contributed by atoms with Crippen molar-refractivity contribution in [2.24, 2.45) is 5.41 Å². The van der Waals surface area contributed by atoms with Crippen LogP contribution in [0.15, 0.2) is 0 Å². The molecule has 1 N–H and O–H groups in total. The molecule has 2 aliphatic rings. The molecule has 82 valence electrons. The first-order chi connectivity index (χ1) is 6.59. The molecule has 0 amide bonds. The first-order valence-electron chi connectivity index (χ1n) is 6.07. The van der Waals surface area contributed by atoms with Crippen LogP contribution in [0.1, 0.15) is 40.0 Å². The molecule has 0 aliphatic carbocycles. The third-order valence-electron chi connectivity index (χ3n) is 4.21. The highest BCUT2D eigenvalue weighted by molar-refractivity contribution is 4.93. The fourth-order valence-corrected chi connectivity index (χ4v) is 2.66. The SMILES string of the molecule is CC1CCN1CC1NCCCC1(C)C. The Kier molecular flexibility index (Phi) is 2.85. The van der Waals surface area contributed by atoms with Crippen LogP contribution < -0.4 is 5.32 Å². The zero-order valence-corrected chi connectivity index (χ0v) is 9.84. The smallest absolute Gasteiger partial charge is 0.0246 e. The topological polar surface area (TPSA) is 15.3 Å². The van der Waals surface area contributed by atoms with E-state index in [9.17, 15) is 0 Å². The molecule has 2 aliphatic heterocycles. The summed E-state index contributed by atoms with van der Waals surface area (Å²) in [5, 5.41) is 3.69. The molecule has 2 atom stereocenters. The maximum Gasteiger partial charge on any atom is 0.0246 e. The molecule has 2 fully saturated rings. The standard InChI is InChI=1S/C12H24N2/c1-10-5-8-14(10)9-11-12(2,3)6-4-7-13-11/h10-11,13H,4-9H2,1-3H3. The highest BCUT2D eigenvalue weighted by atomic mass is 15.2. The van der Waals surface area contributed by atoms with Gasteiger partial charge in [-0.2, -0.15) is 0 Å². The molecule has 0 aromatic carbocycles. The summed E-state index contributed by atoms with van der Waals surface area (Å²) in [5.74, 6) is 0. The molecule has 2 heterocycles. The molecular formula is C12H24N2. The van der Waals surface area contributed by atoms with Gasteiger partial charge >= 0.3 is 0 Å². The van der Waals surface area contributed by atoms with Crippen LogP contribution in [0.4, 0.5) is 0 Å². The predicted octanol–water partition coefficient (Wildman–Crippen LogP) is 1.86. The number of nitrogens with zero attached hydrogens (tertiary/aromatic N) is 1. The molecule has 0 bridgehead atoms. The van der Waals surface area contributed by atoms with Gasteiger partial charge in [0.05, 0.1) is 0 Å². The number of hydrogen-bond donors (Lipinski definition) is 1. The van der Waals surface area contributed by atoms with Gasteiger partial charge in [0.25, 0.3) is 0 Å². The Morgan fingerprint density at radius 3 is 2.71 bits per heavy atom. The number of likely N-dealkylation sites (tertiary alicyclic amines) is 1. The van der Waals surface area contributed by atoms with E-state index >= 15 is 0 Å². The monoisotopic (exact) mass is 196 g/mol. The average Bonchev–Trinajstić information content (AvgIpc) is 2.13. The Morgan fingerprint density at radius 2 is 2.21 bits per heavy atom. The number of hydrogen-bond acceptors (Lipinski definition) is 2. The van der Waals surface area contributed by atoms with Crippen LogP contribution in [-0.2, 0) is 0 Å². The third kappa shape index (κ3) is 1.96. The molecule has 2 heteroatoms. The fourth-order valence-electron chi connectivity index (χ4n) is 2.66. The lowest BCUT2D eigenvalue weighted by molar-refractivity contribution is 0.0522. The minimum absolute atomic E-state index is 0.494. The zero-order chi connectivity index (χ0) is 10.2. The molecular weight excluding hydrogens is 172 g/mol. The highest BCUT2D eigenvalue weighted by Gasteiger charge is 2.35. The maximum absolute atomic E-state index is 3.69. The molecule has 0 aromatic heterocycles. The molecule has 2 saturated heterocycles. The van der Waals surface area contributed by atoms with Crippen LogP contribution >= 0.6 is 0 Å². The first kappa shape index (κ1) is 10.4. The molecule has 0 saturated carbocycles. The summed E-state index contributed by atoms with van der Waals surface area (Å²) in [7, 11) is 0. The maximum atomic E-state index is 3.69. The number of piperidine rings is 1. The third-order valence-corrected chi connectivity index (χ3v) is 4.21. The van der Waals surface area contributed by atoms with Crippen molar-refractivity contribution in [3.63, 3.8) is 0 Å². The van der Waals surface area contributed by atoms with Gasteiger partial charge in [-0.3, -0.25) is 4.90 Å². The van der Waals surface area contributed by atoms with E-state index in [1.165, 1.54) is 38.9 Å². The largest absolute Gasteiger partial charge is 0.312 e. The number of nitrogens with one attached hydrogen (secondary N) is 1. The van der Waals surface area contributed by atoms with Crippen LogP contribution in [0, 0.1) is 5.41 Å². The van der Waals surface area contributed by atoms with Crippen molar-refractivity contribution in [1.82, 2.24) is 10.2 Å². The molecule has 14 heavy (non-hydrogen) atoms. The van der Waals surface area contributed by atoms with E-state index in [4.69, 9.17) is 0 Å². The van der Waals surface area contributed by atoms with Crippen molar-refractivity contribution < 1.29 is 0 Å². The van der Waals surface area contributed by atoms with Gasteiger partial charge in [-0.1, -0.05) is 13.8 Å². The normalized spacial score (nSPS) is 37.9. The Labute approximate surface area is 88.1 Å². The molecule has 2 unspecified atom stereocenters. The van der Waals surface area contributed by atoms with Gasteiger partial charge in [-0.15, -0.1) is 0 Å². The summed E-state index contributed by atoms with van der Waals surface area (Å²) in [6.45, 7) is 11.0. The number of rotatable bonds is 2. The van der Waals surface area contributed by atoms with Gasteiger partial charge in [0.1, 0.15) is 0 Å². The van der Waals surface area contributed by atoms with E-state index in [1.54, 1.807) is 0 Å². The molecule has 0 spiro atoms. The van der Waals surface area contributed by atoms with Gasteiger partial charge in [0.2, 0.25) is 0 Å². The Hall–Kier alpha value is -0.0800. The van der Waals surface area contributed by atoms with Gasteiger partial charge in [-0.05, 0) is 44.7 Å². The lowest BCUT2D eigenvalue weighted by Gasteiger charge is -2.47. The Morgan fingerprint density at radius 1 is 1.43 bits per heavy atom. The van der Waals surface area contributed by atoms with E-state index in [0.717, 1.165) is 6.04 Å². The van der Waals surface area contributed by atoms with Crippen LogP contribution in [0.3, 0.4) is 0 Å². The van der Waals surface area contributed by atoms with E-state index in [2.05, 4.69) is 31.0 Å². The molecule has 0 aromatic rings. The summed E-state index contributed by atoms with van der Waals surface area (Å²) in [5.41, 5.74) is 0.494. The van der Waals surface area contributed by atoms with E-state index in [0.29, 0.717) is 11.5 Å². The zero-order valence-electron chi connectivity index (χ0n) is 9.84. The van der Waals surface area contributed by atoms with Crippen LogP contribution in [0.5, 0.6) is 0 Å². The summed E-state index contributed by atoms with van der Waals surface area (Å²) >= 11 is 0. The summed E-state index contributed by atoms with van der Waals surface area (Å²) in [4.78, 5) is 2.62. The summed E-state index contributed by atoms with van der Waals surface area (Å²) in [6.07, 6.45) is 4.12. The average molecular weight is 196 g/mol. The molecule has 0 radical (unpaired) electrons. The van der Waals surface area contributed by atoms with Gasteiger partial charge in [0.15, 0.2) is 0 Å². The Balaban J connectivity index is 1.88. The van der Waals surface area contributed by atoms with E-state index in [-0.39, 0.29) is 0 Å². The van der Waals surface area contributed by atoms with Crippen molar-refractivity contribution in [3.05, 3.63) is 0 Å². The second-order valence-corrected chi connectivity index (χ2v) is 5.73.